The topological polar surface area (TPSA) is 58.1 Å². The average Bonchev–Trinajstić information content (AvgIpc) is 2.67. The molecule has 0 aliphatic carbocycles. The molecule has 1 amide bonds. The normalized spacial score (nSPS) is 10.6. The maximum atomic E-state index is 13.1. The molecule has 0 saturated carbocycles. The molecule has 1 N–H and O–H groups in total. The minimum absolute atomic E-state index is 0.109. The lowest BCUT2D eigenvalue weighted by Crippen LogP contribution is -2.14. The summed E-state index contributed by atoms with van der Waals surface area (Å²) in [6.45, 7) is 1.87. The number of hydrogen-bond acceptors (Lipinski definition) is 5. The van der Waals surface area contributed by atoms with Gasteiger partial charge in [-0.2, -0.15) is 0 Å². The van der Waals surface area contributed by atoms with E-state index in [1.165, 1.54) is 23.9 Å². The van der Waals surface area contributed by atoms with Gasteiger partial charge in [-0.25, -0.2) is 14.4 Å². The summed E-state index contributed by atoms with van der Waals surface area (Å²) in [5.41, 5.74) is 3.34. The maximum absolute atomic E-state index is 13.1. The number of thioether (sulfide) groups is 1. The molecule has 0 saturated heterocycles. The van der Waals surface area contributed by atoms with Gasteiger partial charge < -0.3 is 10.2 Å². The molecule has 0 atom stereocenters. The van der Waals surface area contributed by atoms with Gasteiger partial charge in [-0.15, -0.1) is 0 Å². The molecule has 1 aromatic heterocycles. The lowest BCUT2D eigenvalue weighted by Gasteiger charge is -2.13. The SMILES string of the molecule is Cc1cc(SCC(=O)Nc2ccc(N(C)C)cc2)nc(-c2ccc(F)cc2)n1. The Morgan fingerprint density at radius 3 is 2.39 bits per heavy atom. The Bertz CT molecular complexity index is 959. The van der Waals surface area contributed by atoms with Gasteiger partial charge in [-0.3, -0.25) is 4.79 Å². The van der Waals surface area contributed by atoms with Crippen molar-refractivity contribution in [1.82, 2.24) is 9.97 Å². The first-order valence-corrected chi connectivity index (χ1v) is 9.71. The number of anilines is 2. The molecule has 0 aliphatic rings. The fraction of sp³-hybridized carbons (Fsp3) is 0.190. The van der Waals surface area contributed by atoms with Gasteiger partial charge in [0.15, 0.2) is 5.82 Å². The maximum Gasteiger partial charge on any atom is 0.234 e. The van der Waals surface area contributed by atoms with Crippen molar-refractivity contribution >= 4 is 29.0 Å². The number of rotatable bonds is 6. The zero-order valence-corrected chi connectivity index (χ0v) is 16.8. The van der Waals surface area contributed by atoms with Gasteiger partial charge in [-0.1, -0.05) is 11.8 Å². The van der Waals surface area contributed by atoms with Crippen molar-refractivity contribution in [2.24, 2.45) is 0 Å². The number of carbonyl (C=O) groups excluding carboxylic acids is 1. The van der Waals surface area contributed by atoms with Crippen LogP contribution in [0.25, 0.3) is 11.4 Å². The van der Waals surface area contributed by atoms with Crippen molar-refractivity contribution in [2.75, 3.05) is 30.1 Å². The standard InChI is InChI=1S/C21H21FN4OS/c1-14-12-20(25-21(23-14)15-4-6-16(22)7-5-15)28-13-19(27)24-17-8-10-18(11-9-17)26(2)3/h4-12H,13H2,1-3H3,(H,24,27). The zero-order chi connectivity index (χ0) is 20.1. The van der Waals surface area contributed by atoms with Gasteiger partial charge in [0.25, 0.3) is 0 Å². The third-order valence-corrected chi connectivity index (χ3v) is 4.86. The second-order valence-electron chi connectivity index (χ2n) is 6.46. The van der Waals surface area contributed by atoms with E-state index < -0.39 is 0 Å². The van der Waals surface area contributed by atoms with Crippen molar-refractivity contribution in [2.45, 2.75) is 11.9 Å². The zero-order valence-electron chi connectivity index (χ0n) is 15.9. The Morgan fingerprint density at radius 2 is 1.75 bits per heavy atom. The van der Waals surface area contributed by atoms with Crippen LogP contribution in [0.15, 0.2) is 59.6 Å². The number of halogens is 1. The van der Waals surface area contributed by atoms with Crippen LogP contribution in [0.4, 0.5) is 15.8 Å². The molecule has 0 radical (unpaired) electrons. The molecule has 0 spiro atoms. The van der Waals surface area contributed by atoms with Crippen LogP contribution in [-0.2, 0) is 4.79 Å². The molecule has 0 fully saturated rings. The van der Waals surface area contributed by atoms with Crippen molar-refractivity contribution in [3.05, 3.63) is 66.1 Å². The van der Waals surface area contributed by atoms with Gasteiger partial charge in [0.2, 0.25) is 5.91 Å². The number of amides is 1. The largest absolute Gasteiger partial charge is 0.378 e. The summed E-state index contributed by atoms with van der Waals surface area (Å²) in [5.74, 6) is 0.333. The molecule has 5 nitrogen and oxygen atoms in total. The van der Waals surface area contributed by atoms with Crippen LogP contribution >= 0.6 is 11.8 Å². The predicted molar refractivity (Wildman–Crippen MR) is 112 cm³/mol. The number of aromatic nitrogens is 2. The van der Waals surface area contributed by atoms with Crippen LogP contribution < -0.4 is 10.2 Å². The van der Waals surface area contributed by atoms with Crippen LogP contribution in [0.5, 0.6) is 0 Å². The Hall–Kier alpha value is -2.93. The van der Waals surface area contributed by atoms with Crippen molar-refractivity contribution in [3.63, 3.8) is 0 Å². The highest BCUT2D eigenvalue weighted by Crippen LogP contribution is 2.22. The Kier molecular flexibility index (Phi) is 6.26. The second kappa shape index (κ2) is 8.84. The lowest BCUT2D eigenvalue weighted by molar-refractivity contribution is -0.113. The highest BCUT2D eigenvalue weighted by Gasteiger charge is 2.09. The van der Waals surface area contributed by atoms with Crippen LogP contribution in [-0.4, -0.2) is 35.7 Å². The predicted octanol–water partition coefficient (Wildman–Crippen LogP) is 4.39. The van der Waals surface area contributed by atoms with Crippen molar-refractivity contribution < 1.29 is 9.18 Å². The van der Waals surface area contributed by atoms with E-state index in [1.54, 1.807) is 12.1 Å². The van der Waals surface area contributed by atoms with Gasteiger partial charge >= 0.3 is 0 Å². The smallest absolute Gasteiger partial charge is 0.234 e. The Morgan fingerprint density at radius 1 is 1.07 bits per heavy atom. The van der Waals surface area contributed by atoms with E-state index >= 15 is 0 Å². The number of benzene rings is 2. The third-order valence-electron chi connectivity index (χ3n) is 3.95. The molecule has 0 unspecified atom stereocenters. The van der Waals surface area contributed by atoms with Gasteiger partial charge in [0.1, 0.15) is 10.8 Å². The summed E-state index contributed by atoms with van der Waals surface area (Å²) < 4.78 is 13.1. The van der Waals surface area contributed by atoms with Crippen molar-refractivity contribution in [3.8, 4) is 11.4 Å². The van der Waals surface area contributed by atoms with Crippen molar-refractivity contribution in [1.29, 1.82) is 0 Å². The highest BCUT2D eigenvalue weighted by atomic mass is 32.2. The summed E-state index contributed by atoms with van der Waals surface area (Å²) in [6.07, 6.45) is 0. The molecule has 28 heavy (non-hydrogen) atoms. The minimum atomic E-state index is -0.304. The van der Waals surface area contributed by atoms with E-state index in [0.717, 1.165) is 22.6 Å². The van der Waals surface area contributed by atoms with Crippen LogP contribution in [0.2, 0.25) is 0 Å². The first-order valence-electron chi connectivity index (χ1n) is 8.72. The molecule has 7 heteroatoms. The number of carbonyl (C=O) groups is 1. The summed E-state index contributed by atoms with van der Waals surface area (Å²) in [6, 6.07) is 15.5. The van der Waals surface area contributed by atoms with Gasteiger partial charge in [0, 0.05) is 36.7 Å². The number of nitrogens with zero attached hydrogens (tertiary/aromatic N) is 3. The number of hydrogen-bond donors (Lipinski definition) is 1. The monoisotopic (exact) mass is 396 g/mol. The van der Waals surface area contributed by atoms with E-state index in [2.05, 4.69) is 15.3 Å². The first-order chi connectivity index (χ1) is 13.4. The fourth-order valence-electron chi connectivity index (χ4n) is 2.52. The highest BCUT2D eigenvalue weighted by molar-refractivity contribution is 7.99. The van der Waals surface area contributed by atoms with E-state index in [0.29, 0.717) is 10.9 Å². The molecule has 144 valence electrons. The molecular formula is C21H21FN4OS. The minimum Gasteiger partial charge on any atom is -0.378 e. The summed E-state index contributed by atoms with van der Waals surface area (Å²) in [7, 11) is 3.93. The van der Waals surface area contributed by atoms with E-state index in [-0.39, 0.29) is 17.5 Å². The third kappa shape index (κ3) is 5.29. The summed E-state index contributed by atoms with van der Waals surface area (Å²) in [4.78, 5) is 23.1. The Labute approximate surface area is 168 Å². The molecule has 0 aliphatic heterocycles. The average molecular weight is 396 g/mol. The lowest BCUT2D eigenvalue weighted by atomic mass is 10.2. The van der Waals surface area contributed by atoms with E-state index in [1.807, 2.05) is 56.3 Å². The molecule has 1 heterocycles. The number of nitrogens with one attached hydrogen (secondary N) is 1. The van der Waals surface area contributed by atoms with E-state index in [9.17, 15) is 9.18 Å². The first kappa shape index (κ1) is 19.8. The number of aryl methyl sites for hydroxylation is 1. The van der Waals surface area contributed by atoms with Gasteiger partial charge in [0.05, 0.1) is 5.75 Å². The van der Waals surface area contributed by atoms with E-state index in [4.69, 9.17) is 0 Å². The molecule has 0 bridgehead atoms. The molecule has 2 aromatic carbocycles. The quantitative estimate of drug-likeness (QED) is 0.495. The molecular weight excluding hydrogens is 375 g/mol. The fourth-order valence-corrected chi connectivity index (χ4v) is 3.28. The Balaban J connectivity index is 1.63. The second-order valence-corrected chi connectivity index (χ2v) is 7.45. The van der Waals surface area contributed by atoms with Crippen LogP contribution in [0, 0.1) is 12.7 Å². The van der Waals surface area contributed by atoms with Crippen LogP contribution in [0.3, 0.4) is 0 Å². The van der Waals surface area contributed by atoms with Crippen LogP contribution in [0.1, 0.15) is 5.69 Å². The van der Waals surface area contributed by atoms with Gasteiger partial charge in [-0.05, 0) is 61.5 Å². The molecule has 3 rings (SSSR count). The summed E-state index contributed by atoms with van der Waals surface area (Å²) in [5, 5.41) is 3.58. The summed E-state index contributed by atoms with van der Waals surface area (Å²) >= 11 is 1.34. The molecule has 3 aromatic rings.